The van der Waals surface area contributed by atoms with Gasteiger partial charge in [0.1, 0.15) is 5.82 Å². The number of thioether (sulfide) groups is 1. The van der Waals surface area contributed by atoms with E-state index in [4.69, 9.17) is 0 Å². The summed E-state index contributed by atoms with van der Waals surface area (Å²) < 4.78 is 1.97. The van der Waals surface area contributed by atoms with Crippen LogP contribution in [0.5, 0.6) is 0 Å². The third-order valence-corrected chi connectivity index (χ3v) is 6.06. The molecular weight excluding hydrogens is 394 g/mol. The zero-order valence-corrected chi connectivity index (χ0v) is 18.2. The lowest BCUT2D eigenvalue weighted by Gasteiger charge is -2.10. The molecule has 2 aromatic carbocycles. The lowest BCUT2D eigenvalue weighted by molar-refractivity contribution is -0.113. The zero-order valence-electron chi connectivity index (χ0n) is 17.3. The molecule has 6 nitrogen and oxygen atoms in total. The molecule has 30 heavy (non-hydrogen) atoms. The van der Waals surface area contributed by atoms with E-state index in [0.29, 0.717) is 12.3 Å². The van der Waals surface area contributed by atoms with Gasteiger partial charge in [-0.05, 0) is 56.7 Å². The minimum Gasteiger partial charge on any atom is -0.341 e. The zero-order chi connectivity index (χ0) is 21.1. The van der Waals surface area contributed by atoms with Gasteiger partial charge in [-0.25, -0.2) is 4.98 Å². The number of nitrogens with zero attached hydrogens (tertiary/aromatic N) is 3. The van der Waals surface area contributed by atoms with Gasteiger partial charge in [0.05, 0.1) is 34.3 Å². The van der Waals surface area contributed by atoms with Crippen LogP contribution in [0.1, 0.15) is 34.9 Å². The Balaban J connectivity index is 1.34. The predicted octanol–water partition coefficient (Wildman–Crippen LogP) is 4.86. The number of hydrogen-bond acceptors (Lipinski definition) is 4. The van der Waals surface area contributed by atoms with Crippen molar-refractivity contribution >= 4 is 34.4 Å². The van der Waals surface area contributed by atoms with Crippen LogP contribution in [0, 0.1) is 13.8 Å². The predicted molar refractivity (Wildman–Crippen MR) is 123 cm³/mol. The molecule has 1 unspecified atom stereocenters. The molecule has 0 aliphatic carbocycles. The summed E-state index contributed by atoms with van der Waals surface area (Å²) in [5.74, 6) is 1.23. The Hall–Kier alpha value is -3.06. The first-order chi connectivity index (χ1) is 14.5. The van der Waals surface area contributed by atoms with Gasteiger partial charge >= 0.3 is 0 Å². The molecule has 4 aromatic rings. The van der Waals surface area contributed by atoms with Crippen molar-refractivity contribution in [3.8, 4) is 0 Å². The van der Waals surface area contributed by atoms with Crippen molar-refractivity contribution in [3.63, 3.8) is 0 Å². The minimum atomic E-state index is -0.0220. The van der Waals surface area contributed by atoms with E-state index >= 15 is 0 Å². The maximum atomic E-state index is 12.5. The van der Waals surface area contributed by atoms with E-state index in [0.717, 1.165) is 39.5 Å². The van der Waals surface area contributed by atoms with E-state index in [9.17, 15) is 4.79 Å². The van der Waals surface area contributed by atoms with Gasteiger partial charge in [-0.1, -0.05) is 24.3 Å². The Bertz CT molecular complexity index is 1150. The second kappa shape index (κ2) is 8.75. The molecule has 7 heteroatoms. The van der Waals surface area contributed by atoms with Crippen LogP contribution in [0.15, 0.2) is 54.6 Å². The fraction of sp³-hybridized carbons (Fsp3) is 0.261. The average Bonchev–Trinajstić information content (AvgIpc) is 3.29. The highest BCUT2D eigenvalue weighted by atomic mass is 32.2. The van der Waals surface area contributed by atoms with E-state index in [-0.39, 0.29) is 11.2 Å². The van der Waals surface area contributed by atoms with E-state index in [1.807, 2.05) is 67.1 Å². The quantitative estimate of drug-likeness (QED) is 0.449. The Morgan fingerprint density at radius 2 is 2.00 bits per heavy atom. The minimum absolute atomic E-state index is 0.0220. The number of aromatic amines is 1. The summed E-state index contributed by atoms with van der Waals surface area (Å²) in [6.07, 6.45) is 0. The third kappa shape index (κ3) is 4.74. The van der Waals surface area contributed by atoms with Crippen molar-refractivity contribution in [1.82, 2.24) is 19.7 Å². The number of benzene rings is 2. The number of amides is 1. The van der Waals surface area contributed by atoms with Crippen LogP contribution in [-0.4, -0.2) is 31.4 Å². The number of para-hydroxylation sites is 2. The number of H-pyrrole nitrogens is 1. The maximum Gasteiger partial charge on any atom is 0.234 e. The molecule has 2 aromatic heterocycles. The highest BCUT2D eigenvalue weighted by Crippen LogP contribution is 2.27. The number of hydrogen-bond donors (Lipinski definition) is 2. The largest absolute Gasteiger partial charge is 0.341 e. The Morgan fingerprint density at radius 3 is 2.77 bits per heavy atom. The number of fused-ring (bicyclic) bond motifs is 1. The van der Waals surface area contributed by atoms with Crippen LogP contribution in [-0.2, 0) is 11.3 Å². The monoisotopic (exact) mass is 419 g/mol. The number of carbonyl (C=O) groups is 1. The second-order valence-corrected chi connectivity index (χ2v) is 8.75. The molecule has 1 atom stereocenters. The van der Waals surface area contributed by atoms with Crippen molar-refractivity contribution in [3.05, 3.63) is 77.4 Å². The molecule has 0 bridgehead atoms. The Morgan fingerprint density at radius 1 is 1.17 bits per heavy atom. The van der Waals surface area contributed by atoms with Crippen molar-refractivity contribution in [1.29, 1.82) is 0 Å². The maximum absolute atomic E-state index is 12.5. The van der Waals surface area contributed by atoms with Gasteiger partial charge in [0, 0.05) is 11.4 Å². The molecule has 0 fully saturated rings. The third-order valence-electron chi connectivity index (χ3n) is 4.90. The van der Waals surface area contributed by atoms with Crippen LogP contribution < -0.4 is 5.32 Å². The Kier molecular flexibility index (Phi) is 5.90. The number of anilines is 1. The molecule has 2 heterocycles. The number of aryl methyl sites for hydroxylation is 2. The average molecular weight is 420 g/mol. The highest BCUT2D eigenvalue weighted by molar-refractivity contribution is 8.00. The lowest BCUT2D eigenvalue weighted by Crippen LogP contribution is -2.15. The molecule has 0 saturated carbocycles. The van der Waals surface area contributed by atoms with Gasteiger partial charge in [0.2, 0.25) is 5.91 Å². The van der Waals surface area contributed by atoms with Crippen molar-refractivity contribution in [2.24, 2.45) is 0 Å². The van der Waals surface area contributed by atoms with Crippen molar-refractivity contribution in [2.45, 2.75) is 32.6 Å². The number of rotatable bonds is 7. The van der Waals surface area contributed by atoms with Crippen molar-refractivity contribution < 1.29 is 4.79 Å². The number of imidazole rings is 1. The summed E-state index contributed by atoms with van der Waals surface area (Å²) in [6.45, 7) is 6.78. The van der Waals surface area contributed by atoms with Crippen LogP contribution in [0.4, 0.5) is 5.69 Å². The van der Waals surface area contributed by atoms with Crippen LogP contribution >= 0.6 is 11.8 Å². The Labute approximate surface area is 180 Å². The number of carbonyl (C=O) groups excluding carboxylic acids is 1. The lowest BCUT2D eigenvalue weighted by atomic mass is 10.2. The summed E-state index contributed by atoms with van der Waals surface area (Å²) in [4.78, 5) is 20.4. The van der Waals surface area contributed by atoms with Gasteiger partial charge in [0.25, 0.3) is 0 Å². The normalized spacial score (nSPS) is 12.2. The summed E-state index contributed by atoms with van der Waals surface area (Å²) in [6, 6.07) is 17.9. The molecule has 2 N–H and O–H groups in total. The van der Waals surface area contributed by atoms with Crippen molar-refractivity contribution in [2.75, 3.05) is 11.1 Å². The fourth-order valence-electron chi connectivity index (χ4n) is 3.40. The first-order valence-corrected chi connectivity index (χ1v) is 11.0. The van der Waals surface area contributed by atoms with E-state index in [1.54, 1.807) is 11.8 Å². The van der Waals surface area contributed by atoms with Gasteiger partial charge < -0.3 is 10.3 Å². The van der Waals surface area contributed by atoms with Gasteiger partial charge in [-0.3, -0.25) is 9.48 Å². The number of aromatic nitrogens is 4. The van der Waals surface area contributed by atoms with E-state index < -0.39 is 0 Å². The fourth-order valence-corrected chi connectivity index (χ4v) is 4.14. The SMILES string of the molecule is Cc1cc(C)n(Cc2cccc(NC(=O)CSC(C)c3nc4ccccc4[nH]3)c2)n1. The summed E-state index contributed by atoms with van der Waals surface area (Å²) in [7, 11) is 0. The second-order valence-electron chi connectivity index (χ2n) is 7.43. The molecule has 0 aliphatic heterocycles. The first kappa shape index (κ1) is 20.2. The smallest absolute Gasteiger partial charge is 0.234 e. The first-order valence-electron chi connectivity index (χ1n) is 9.94. The molecule has 0 radical (unpaired) electrons. The summed E-state index contributed by atoms with van der Waals surface area (Å²) in [5.41, 5.74) is 6.00. The van der Waals surface area contributed by atoms with Crippen LogP contribution in [0.2, 0.25) is 0 Å². The van der Waals surface area contributed by atoms with Gasteiger partial charge in [-0.2, -0.15) is 5.10 Å². The topological polar surface area (TPSA) is 75.6 Å². The summed E-state index contributed by atoms with van der Waals surface area (Å²) in [5, 5.41) is 7.61. The highest BCUT2D eigenvalue weighted by Gasteiger charge is 2.13. The van der Waals surface area contributed by atoms with Crippen LogP contribution in [0.3, 0.4) is 0 Å². The van der Waals surface area contributed by atoms with Crippen LogP contribution in [0.25, 0.3) is 11.0 Å². The molecule has 154 valence electrons. The molecule has 1 amide bonds. The molecule has 0 aliphatic rings. The standard InChI is InChI=1S/C23H25N5OS/c1-15-11-16(2)28(27-15)13-18-7-6-8-19(12-18)24-22(29)14-30-17(3)23-25-20-9-4-5-10-21(20)26-23/h4-12,17H,13-14H2,1-3H3,(H,24,29)(H,25,26). The molecular formula is C23H25N5OS. The van der Waals surface area contributed by atoms with E-state index in [1.165, 1.54) is 0 Å². The number of nitrogens with one attached hydrogen (secondary N) is 2. The molecule has 4 rings (SSSR count). The summed E-state index contributed by atoms with van der Waals surface area (Å²) >= 11 is 1.56. The van der Waals surface area contributed by atoms with Gasteiger partial charge in [-0.15, -0.1) is 11.8 Å². The van der Waals surface area contributed by atoms with E-state index in [2.05, 4.69) is 33.4 Å². The molecule has 0 spiro atoms. The molecule has 0 saturated heterocycles. The van der Waals surface area contributed by atoms with Gasteiger partial charge in [0.15, 0.2) is 0 Å².